The molecule has 0 radical (unpaired) electrons. The summed E-state index contributed by atoms with van der Waals surface area (Å²) in [7, 11) is 0. The van der Waals surface area contributed by atoms with Gasteiger partial charge in [-0.05, 0) is 48.5 Å². The largest absolute Gasteiger partial charge is 0.491 e. The molecule has 2 aliphatic heterocycles. The maximum absolute atomic E-state index is 10.9. The van der Waals surface area contributed by atoms with Gasteiger partial charge in [-0.2, -0.15) is 5.10 Å². The first-order valence-corrected chi connectivity index (χ1v) is 14.2. The van der Waals surface area contributed by atoms with Gasteiger partial charge in [-0.1, -0.05) is 29.3 Å². The van der Waals surface area contributed by atoms with Crippen molar-refractivity contribution in [1.82, 2.24) is 14.8 Å². The first-order valence-electron chi connectivity index (χ1n) is 13.5. The fraction of sp³-hybridized carbons (Fsp3) is 0.310. The molecule has 1 aromatic heterocycles. The molecule has 2 saturated heterocycles. The molecule has 2 aliphatic rings. The minimum absolute atomic E-state index is 0.101. The van der Waals surface area contributed by atoms with Gasteiger partial charge in [-0.25, -0.2) is 9.67 Å². The van der Waals surface area contributed by atoms with Crippen molar-refractivity contribution in [3.8, 4) is 5.75 Å². The fourth-order valence-electron chi connectivity index (χ4n) is 5.23. The Bertz CT molecular complexity index is 1510. The van der Waals surface area contributed by atoms with Gasteiger partial charge in [0.1, 0.15) is 37.7 Å². The van der Waals surface area contributed by atoms with Crippen LogP contribution in [0.4, 0.5) is 17.1 Å². The summed E-state index contributed by atoms with van der Waals surface area (Å²) in [6, 6.07) is 19.9. The van der Waals surface area contributed by atoms with E-state index in [-0.39, 0.29) is 29.9 Å². The second-order valence-corrected chi connectivity index (χ2v) is 10.9. The van der Waals surface area contributed by atoms with E-state index in [1.807, 2.05) is 36.4 Å². The lowest BCUT2D eigenvalue weighted by Crippen LogP contribution is -2.46. The zero-order valence-electron chi connectivity index (χ0n) is 22.5. The van der Waals surface area contributed by atoms with Gasteiger partial charge >= 0.3 is 0 Å². The highest BCUT2D eigenvalue weighted by Gasteiger charge is 2.45. The van der Waals surface area contributed by atoms with Crippen molar-refractivity contribution < 1.29 is 19.1 Å². The van der Waals surface area contributed by atoms with Crippen molar-refractivity contribution in [2.75, 3.05) is 49.2 Å². The third-order valence-corrected chi connectivity index (χ3v) is 7.93. The number of benzene rings is 3. The van der Waals surface area contributed by atoms with Crippen LogP contribution in [-0.4, -0.2) is 65.2 Å². The number of anilines is 2. The lowest BCUT2D eigenvalue weighted by molar-refractivity contribution is -0.384. The van der Waals surface area contributed by atoms with Crippen molar-refractivity contribution in [3.63, 3.8) is 0 Å². The van der Waals surface area contributed by atoms with Crippen LogP contribution in [0.5, 0.6) is 5.75 Å². The number of nitrogens with zero attached hydrogens (tertiary/aromatic N) is 6. The number of nitro groups is 1. The lowest BCUT2D eigenvalue weighted by atomic mass is 10.1. The molecule has 0 amide bonds. The monoisotopic (exact) mass is 610 g/mol. The van der Waals surface area contributed by atoms with Crippen LogP contribution < -0.4 is 14.5 Å². The number of non-ortho nitro benzene ring substituents is 1. The topological polar surface area (TPSA) is 108 Å². The van der Waals surface area contributed by atoms with E-state index >= 15 is 0 Å². The van der Waals surface area contributed by atoms with Gasteiger partial charge in [-0.15, -0.1) is 0 Å². The van der Waals surface area contributed by atoms with Crippen molar-refractivity contribution in [2.24, 2.45) is 0 Å². The molecule has 0 spiro atoms. The van der Waals surface area contributed by atoms with Crippen molar-refractivity contribution >= 4 is 40.3 Å². The maximum atomic E-state index is 10.9. The van der Waals surface area contributed by atoms with Crippen LogP contribution >= 0.6 is 23.2 Å². The quantitative estimate of drug-likeness (QED) is 0.187. The van der Waals surface area contributed by atoms with E-state index in [4.69, 9.17) is 37.4 Å². The van der Waals surface area contributed by atoms with Crippen LogP contribution in [0.25, 0.3) is 0 Å². The molecule has 0 saturated carbocycles. The van der Waals surface area contributed by atoms with E-state index < -0.39 is 5.79 Å². The SMILES string of the molecule is O=[N+]([O-])c1ccc(N2CCN(c3ccc(OC[C@H]4CO[C@](Cn5cncn5)(c5ccc(Cl)cc5Cl)O4)cc3)CC2)cc1. The Hall–Kier alpha value is -3.90. The molecular formula is C29H28Cl2N6O5. The molecule has 4 aromatic rings. The second kappa shape index (κ2) is 12.1. The number of nitro benzene ring substituents is 1. The summed E-state index contributed by atoms with van der Waals surface area (Å²) < 4.78 is 20.4. The third kappa shape index (κ3) is 6.14. The van der Waals surface area contributed by atoms with Crippen LogP contribution in [0.1, 0.15) is 5.56 Å². The van der Waals surface area contributed by atoms with Crippen molar-refractivity contribution in [1.29, 1.82) is 0 Å². The summed E-state index contributed by atoms with van der Waals surface area (Å²) in [5.41, 5.74) is 2.86. The van der Waals surface area contributed by atoms with Crippen LogP contribution in [-0.2, 0) is 21.8 Å². The highest BCUT2D eigenvalue weighted by atomic mass is 35.5. The molecule has 0 aliphatic carbocycles. The number of hydrogen-bond donors (Lipinski definition) is 0. The fourth-order valence-corrected chi connectivity index (χ4v) is 5.79. The molecule has 0 N–H and O–H groups in total. The van der Waals surface area contributed by atoms with Gasteiger partial charge in [0.2, 0.25) is 5.79 Å². The molecule has 218 valence electrons. The van der Waals surface area contributed by atoms with E-state index in [0.29, 0.717) is 22.2 Å². The summed E-state index contributed by atoms with van der Waals surface area (Å²) in [4.78, 5) is 19.1. The lowest BCUT2D eigenvalue weighted by Gasteiger charge is -2.37. The van der Waals surface area contributed by atoms with Gasteiger partial charge in [-0.3, -0.25) is 10.1 Å². The molecule has 2 fully saturated rings. The minimum atomic E-state index is -1.16. The number of rotatable bonds is 9. The average molecular weight is 611 g/mol. The van der Waals surface area contributed by atoms with Gasteiger partial charge in [0.15, 0.2) is 0 Å². The number of piperazine rings is 1. The average Bonchev–Trinajstić information content (AvgIpc) is 3.67. The highest BCUT2D eigenvalue weighted by molar-refractivity contribution is 6.35. The minimum Gasteiger partial charge on any atom is -0.491 e. The van der Waals surface area contributed by atoms with E-state index in [9.17, 15) is 10.1 Å². The number of aromatic nitrogens is 3. The standard InChI is InChI=1S/C29H28Cl2N6O5/c30-21-1-10-27(28(31)15-21)29(18-36-20-32-19-33-36)41-17-26(42-29)16-40-25-8-6-23(7-9-25)35-13-11-34(12-14-35)22-2-4-24(5-3-22)37(38)39/h1-10,15,19-20,26H,11-14,16-18H2/t26-,29-/m0/s1. The summed E-state index contributed by atoms with van der Waals surface area (Å²) in [5.74, 6) is -0.436. The van der Waals surface area contributed by atoms with Crippen LogP contribution in [0.15, 0.2) is 79.4 Å². The molecular weight excluding hydrogens is 583 g/mol. The van der Waals surface area contributed by atoms with Crippen molar-refractivity contribution in [3.05, 3.63) is 105 Å². The molecule has 42 heavy (non-hydrogen) atoms. The predicted molar refractivity (Wildman–Crippen MR) is 158 cm³/mol. The zero-order chi connectivity index (χ0) is 29.1. The summed E-state index contributed by atoms with van der Waals surface area (Å²) in [6.07, 6.45) is 2.71. The van der Waals surface area contributed by atoms with E-state index in [1.165, 1.54) is 6.33 Å². The summed E-state index contributed by atoms with van der Waals surface area (Å²) in [5, 5.41) is 16.1. The number of hydrogen-bond acceptors (Lipinski definition) is 9. The van der Waals surface area contributed by atoms with Gasteiger partial charge in [0.05, 0.1) is 16.6 Å². The Labute approximate surface area is 252 Å². The second-order valence-electron chi connectivity index (χ2n) is 10.1. The van der Waals surface area contributed by atoms with E-state index in [0.717, 1.165) is 43.3 Å². The van der Waals surface area contributed by atoms with Crippen LogP contribution in [0.3, 0.4) is 0 Å². The predicted octanol–water partition coefficient (Wildman–Crippen LogP) is 5.17. The molecule has 11 nitrogen and oxygen atoms in total. The summed E-state index contributed by atoms with van der Waals surface area (Å²) >= 11 is 12.7. The summed E-state index contributed by atoms with van der Waals surface area (Å²) in [6.45, 7) is 4.18. The normalized spacial score (nSPS) is 20.6. The van der Waals surface area contributed by atoms with Gasteiger partial charge in [0, 0.05) is 60.3 Å². The Kier molecular flexibility index (Phi) is 8.16. The van der Waals surface area contributed by atoms with Crippen LogP contribution in [0.2, 0.25) is 10.0 Å². The molecule has 0 unspecified atom stereocenters. The molecule has 2 atom stereocenters. The third-order valence-electron chi connectivity index (χ3n) is 7.38. The Morgan fingerprint density at radius 1 is 0.976 bits per heavy atom. The molecule has 0 bridgehead atoms. The first-order chi connectivity index (χ1) is 20.4. The highest BCUT2D eigenvalue weighted by Crippen LogP contribution is 2.40. The number of halogens is 2. The molecule has 3 heterocycles. The first kappa shape index (κ1) is 28.2. The molecule has 6 rings (SSSR count). The number of ether oxygens (including phenoxy) is 3. The van der Waals surface area contributed by atoms with E-state index in [1.54, 1.807) is 41.3 Å². The Morgan fingerprint density at radius 2 is 1.64 bits per heavy atom. The van der Waals surface area contributed by atoms with Crippen LogP contribution in [0, 0.1) is 10.1 Å². The zero-order valence-corrected chi connectivity index (χ0v) is 24.0. The van der Waals surface area contributed by atoms with Gasteiger partial charge < -0.3 is 24.0 Å². The maximum Gasteiger partial charge on any atom is 0.269 e. The van der Waals surface area contributed by atoms with Gasteiger partial charge in [0.25, 0.3) is 5.69 Å². The molecule has 13 heteroatoms. The Morgan fingerprint density at radius 3 is 2.24 bits per heavy atom. The molecule has 3 aromatic carbocycles. The smallest absolute Gasteiger partial charge is 0.269 e. The van der Waals surface area contributed by atoms with Crippen molar-refractivity contribution in [2.45, 2.75) is 18.4 Å². The van der Waals surface area contributed by atoms with E-state index in [2.05, 4.69) is 19.9 Å². The Balaban J connectivity index is 1.04.